The number of benzene rings is 3. The number of aliphatic hydroxyl groups excluding tert-OH is 1. The summed E-state index contributed by atoms with van der Waals surface area (Å²) in [6.45, 7) is 1.29. The Hall–Kier alpha value is -4.43. The van der Waals surface area contributed by atoms with Crippen LogP contribution < -0.4 is 10.6 Å². The van der Waals surface area contributed by atoms with Crippen molar-refractivity contribution in [1.29, 1.82) is 0 Å². The van der Waals surface area contributed by atoms with Gasteiger partial charge in [-0.15, -0.1) is 5.10 Å². The monoisotopic (exact) mass is 464 g/mol. The minimum atomic E-state index is -0.758. The highest BCUT2D eigenvalue weighted by molar-refractivity contribution is 6.49. The molecule has 0 aromatic heterocycles. The van der Waals surface area contributed by atoms with Gasteiger partial charge in [0, 0.05) is 29.0 Å². The summed E-state index contributed by atoms with van der Waals surface area (Å²) in [7, 11) is 0. The Labute approximate surface area is 202 Å². The van der Waals surface area contributed by atoms with E-state index in [4.69, 9.17) is 0 Å². The number of carbonyl (C=O) groups excluding carboxylic acids is 1. The van der Waals surface area contributed by atoms with E-state index < -0.39 is 6.10 Å². The van der Waals surface area contributed by atoms with Crippen LogP contribution in [0.4, 0.5) is 11.4 Å². The Bertz CT molecular complexity index is 1360. The van der Waals surface area contributed by atoms with E-state index in [2.05, 4.69) is 31.1 Å². The van der Waals surface area contributed by atoms with Gasteiger partial charge in [-0.1, -0.05) is 66.7 Å². The van der Waals surface area contributed by atoms with Crippen molar-refractivity contribution < 1.29 is 9.90 Å². The normalized spacial score (nSPS) is 15.3. The fourth-order valence-electron chi connectivity index (χ4n) is 4.05. The molecule has 2 aliphatic rings. The lowest BCUT2D eigenvalue weighted by atomic mass is 9.99. The van der Waals surface area contributed by atoms with Crippen LogP contribution in [0.5, 0.6) is 0 Å². The number of carbonyl (C=O) groups is 1. The van der Waals surface area contributed by atoms with Crippen LogP contribution in [0.25, 0.3) is 0 Å². The molecule has 0 fully saturated rings. The van der Waals surface area contributed by atoms with Crippen molar-refractivity contribution in [3.63, 3.8) is 0 Å². The molecule has 174 valence electrons. The van der Waals surface area contributed by atoms with Gasteiger partial charge in [0.05, 0.1) is 12.3 Å². The van der Waals surface area contributed by atoms with Gasteiger partial charge in [-0.05, 0) is 34.6 Å². The fraction of sp³-hybridized carbons (Fsp3) is 0.148. The molecule has 0 spiro atoms. The SMILES string of the molecule is O=C(Nc1cccc(C2=NN=NC2)c1)C1=NCC=C1CNc1ccccc1[C@H](O)c1ccccc1. The minimum absolute atomic E-state index is 0.270. The molecule has 5 rings (SSSR count). The summed E-state index contributed by atoms with van der Waals surface area (Å²) < 4.78 is 0. The van der Waals surface area contributed by atoms with E-state index in [-0.39, 0.29) is 5.91 Å². The molecule has 0 unspecified atom stereocenters. The molecular weight excluding hydrogens is 440 g/mol. The van der Waals surface area contributed by atoms with Crippen LogP contribution in [-0.4, -0.2) is 42.1 Å². The van der Waals surface area contributed by atoms with Crippen molar-refractivity contribution in [2.75, 3.05) is 30.3 Å². The first kappa shape index (κ1) is 22.4. The van der Waals surface area contributed by atoms with Crippen molar-refractivity contribution >= 4 is 28.7 Å². The standard InChI is InChI=1S/C27H24N6O2/c34-26(18-7-2-1-3-8-18)22-11-4-5-12-23(22)29-16-20-13-14-28-25(20)27(35)31-21-10-6-9-19(15-21)24-17-30-33-32-24/h1-13,15,26,29,34H,14,16-17H2,(H,31,35)/t26-/m1/s1. The Morgan fingerprint density at radius 1 is 1.00 bits per heavy atom. The highest BCUT2D eigenvalue weighted by Crippen LogP contribution is 2.28. The number of hydrogen-bond acceptors (Lipinski definition) is 7. The van der Waals surface area contributed by atoms with Crippen LogP contribution in [0, 0.1) is 0 Å². The second kappa shape index (κ2) is 10.2. The Morgan fingerprint density at radius 3 is 2.66 bits per heavy atom. The molecule has 0 aliphatic carbocycles. The Morgan fingerprint density at radius 2 is 1.83 bits per heavy atom. The quantitative estimate of drug-likeness (QED) is 0.460. The maximum absolute atomic E-state index is 13.0. The summed E-state index contributed by atoms with van der Waals surface area (Å²) in [6, 6.07) is 24.6. The number of aliphatic imine (C=N–C) groups is 1. The summed E-state index contributed by atoms with van der Waals surface area (Å²) >= 11 is 0. The number of nitrogens with zero attached hydrogens (tertiary/aromatic N) is 4. The molecular formula is C27H24N6O2. The van der Waals surface area contributed by atoms with Crippen molar-refractivity contribution in [2.45, 2.75) is 6.10 Å². The second-order valence-electron chi connectivity index (χ2n) is 8.14. The van der Waals surface area contributed by atoms with Crippen LogP contribution in [0.1, 0.15) is 22.8 Å². The average Bonchev–Trinajstić information content (AvgIpc) is 3.61. The molecule has 35 heavy (non-hydrogen) atoms. The smallest absolute Gasteiger partial charge is 0.274 e. The average molecular weight is 465 g/mol. The van der Waals surface area contributed by atoms with Crippen LogP contribution in [0.2, 0.25) is 0 Å². The van der Waals surface area contributed by atoms with E-state index in [0.717, 1.165) is 33.7 Å². The zero-order valence-electron chi connectivity index (χ0n) is 18.9. The second-order valence-corrected chi connectivity index (χ2v) is 8.14. The molecule has 1 atom stereocenters. The summed E-state index contributed by atoms with van der Waals surface area (Å²) in [5, 5.41) is 28.8. The largest absolute Gasteiger partial charge is 0.384 e. The molecule has 3 aromatic rings. The lowest BCUT2D eigenvalue weighted by Crippen LogP contribution is -2.26. The predicted molar refractivity (Wildman–Crippen MR) is 137 cm³/mol. The van der Waals surface area contributed by atoms with E-state index >= 15 is 0 Å². The first-order valence-corrected chi connectivity index (χ1v) is 11.3. The molecule has 2 aliphatic heterocycles. The molecule has 2 heterocycles. The predicted octanol–water partition coefficient (Wildman–Crippen LogP) is 4.37. The van der Waals surface area contributed by atoms with E-state index in [1.54, 1.807) is 0 Å². The van der Waals surface area contributed by atoms with Crippen molar-refractivity contribution in [3.05, 3.63) is 107 Å². The number of nitrogens with one attached hydrogen (secondary N) is 2. The zero-order valence-corrected chi connectivity index (χ0v) is 18.9. The first-order valence-electron chi connectivity index (χ1n) is 11.3. The Balaban J connectivity index is 1.25. The van der Waals surface area contributed by atoms with E-state index in [1.165, 1.54) is 0 Å². The third-order valence-corrected chi connectivity index (χ3v) is 5.85. The van der Waals surface area contributed by atoms with Crippen molar-refractivity contribution in [1.82, 2.24) is 0 Å². The number of hydrogen-bond donors (Lipinski definition) is 3. The van der Waals surface area contributed by atoms with Gasteiger partial charge < -0.3 is 15.7 Å². The van der Waals surface area contributed by atoms with E-state index in [1.807, 2.05) is 84.9 Å². The Kier molecular flexibility index (Phi) is 6.54. The molecule has 0 saturated carbocycles. The van der Waals surface area contributed by atoms with Crippen LogP contribution >= 0.6 is 0 Å². The number of para-hydroxylation sites is 1. The summed E-state index contributed by atoms with van der Waals surface area (Å²) in [5.41, 5.74) is 5.87. The third kappa shape index (κ3) is 5.07. The maximum Gasteiger partial charge on any atom is 0.274 e. The summed E-state index contributed by atoms with van der Waals surface area (Å²) in [5.74, 6) is -0.270. The highest BCUT2D eigenvalue weighted by Gasteiger charge is 2.21. The molecule has 8 heteroatoms. The number of amides is 1. The topological polar surface area (TPSA) is 111 Å². The van der Waals surface area contributed by atoms with Gasteiger partial charge in [-0.3, -0.25) is 9.79 Å². The molecule has 0 bridgehead atoms. The summed E-state index contributed by atoms with van der Waals surface area (Å²) in [6.07, 6.45) is 1.18. The minimum Gasteiger partial charge on any atom is -0.384 e. The van der Waals surface area contributed by atoms with Crippen LogP contribution in [-0.2, 0) is 4.79 Å². The van der Waals surface area contributed by atoms with Gasteiger partial charge in [0.15, 0.2) is 0 Å². The lowest BCUT2D eigenvalue weighted by molar-refractivity contribution is -0.110. The zero-order chi connectivity index (χ0) is 24.0. The number of rotatable bonds is 8. The fourth-order valence-corrected chi connectivity index (χ4v) is 4.05. The molecule has 3 N–H and O–H groups in total. The van der Waals surface area contributed by atoms with E-state index in [0.29, 0.717) is 31.0 Å². The van der Waals surface area contributed by atoms with E-state index in [9.17, 15) is 9.90 Å². The molecule has 8 nitrogen and oxygen atoms in total. The molecule has 0 saturated heterocycles. The van der Waals surface area contributed by atoms with Gasteiger partial charge in [0.25, 0.3) is 5.91 Å². The van der Waals surface area contributed by atoms with Gasteiger partial charge in [-0.25, -0.2) is 0 Å². The summed E-state index contributed by atoms with van der Waals surface area (Å²) in [4.78, 5) is 17.4. The highest BCUT2D eigenvalue weighted by atomic mass is 16.3. The first-order chi connectivity index (χ1) is 17.2. The maximum atomic E-state index is 13.0. The third-order valence-electron chi connectivity index (χ3n) is 5.85. The van der Waals surface area contributed by atoms with Crippen molar-refractivity contribution in [2.24, 2.45) is 20.4 Å². The van der Waals surface area contributed by atoms with Gasteiger partial charge >= 0.3 is 0 Å². The van der Waals surface area contributed by atoms with Gasteiger partial charge in [0.1, 0.15) is 18.4 Å². The number of aliphatic hydroxyl groups is 1. The lowest BCUT2D eigenvalue weighted by Gasteiger charge is -2.18. The van der Waals surface area contributed by atoms with Gasteiger partial charge in [0.2, 0.25) is 0 Å². The molecule has 1 amide bonds. The number of anilines is 2. The van der Waals surface area contributed by atoms with Gasteiger partial charge in [-0.2, -0.15) is 5.11 Å². The molecule has 3 aromatic carbocycles. The van der Waals surface area contributed by atoms with Crippen LogP contribution in [0.15, 0.2) is 111 Å². The van der Waals surface area contributed by atoms with Crippen molar-refractivity contribution in [3.8, 4) is 0 Å². The van der Waals surface area contributed by atoms with Crippen LogP contribution in [0.3, 0.4) is 0 Å². The molecule has 0 radical (unpaired) electrons.